The summed E-state index contributed by atoms with van der Waals surface area (Å²) in [6, 6.07) is 2.15. The van der Waals surface area contributed by atoms with Crippen LogP contribution in [-0.2, 0) is 0 Å². The summed E-state index contributed by atoms with van der Waals surface area (Å²) >= 11 is 3.39. The molecular weight excluding hydrogens is 266 g/mol. The molecule has 1 aliphatic carbocycles. The summed E-state index contributed by atoms with van der Waals surface area (Å²) in [6.07, 6.45) is 3.52. The van der Waals surface area contributed by atoms with Crippen LogP contribution in [0.25, 0.3) is 0 Å². The van der Waals surface area contributed by atoms with Gasteiger partial charge in [-0.05, 0) is 30.0 Å². The van der Waals surface area contributed by atoms with Crippen LogP contribution < -0.4 is 10.1 Å². The van der Waals surface area contributed by atoms with Gasteiger partial charge < -0.3 is 10.1 Å². The minimum absolute atomic E-state index is 0.00968. The summed E-state index contributed by atoms with van der Waals surface area (Å²) < 4.78 is 5.19. The number of carbonyl (C=O) groups is 1. The van der Waals surface area contributed by atoms with Crippen molar-refractivity contribution in [1.29, 1.82) is 0 Å². The lowest BCUT2D eigenvalue weighted by Crippen LogP contribution is -2.38. The van der Waals surface area contributed by atoms with Gasteiger partial charge in [-0.2, -0.15) is 11.8 Å². The van der Waals surface area contributed by atoms with Crippen LogP contribution >= 0.6 is 23.1 Å². The van der Waals surface area contributed by atoms with Crippen LogP contribution in [0, 0.1) is 0 Å². The molecule has 3 nitrogen and oxygen atoms in total. The van der Waals surface area contributed by atoms with Gasteiger partial charge in [-0.15, -0.1) is 11.3 Å². The third kappa shape index (κ3) is 3.01. The molecule has 1 heterocycles. The Morgan fingerprint density at radius 3 is 3.17 bits per heavy atom. The van der Waals surface area contributed by atoms with Crippen molar-refractivity contribution in [1.82, 2.24) is 5.32 Å². The van der Waals surface area contributed by atoms with Crippen LogP contribution in [0.1, 0.15) is 35.9 Å². The lowest BCUT2D eigenvalue weighted by Gasteiger charge is -2.19. The van der Waals surface area contributed by atoms with Crippen LogP contribution in [0.15, 0.2) is 11.4 Å². The van der Waals surface area contributed by atoms with Gasteiger partial charge in [0.25, 0.3) is 5.91 Å². The van der Waals surface area contributed by atoms with Gasteiger partial charge in [-0.3, -0.25) is 4.79 Å². The van der Waals surface area contributed by atoms with Crippen molar-refractivity contribution in [3.8, 4) is 5.75 Å². The number of rotatable bonds is 5. The maximum Gasteiger partial charge on any atom is 0.265 e. The normalized spacial score (nSPS) is 23.0. The molecule has 0 spiro atoms. The largest absolute Gasteiger partial charge is 0.495 e. The summed E-state index contributed by atoms with van der Waals surface area (Å²) in [6.45, 7) is 2.17. The Labute approximate surface area is 116 Å². The molecule has 1 saturated carbocycles. The van der Waals surface area contributed by atoms with Crippen molar-refractivity contribution >= 4 is 29.0 Å². The third-order valence-electron chi connectivity index (χ3n) is 3.21. The molecular formula is C13H19NO2S2. The summed E-state index contributed by atoms with van der Waals surface area (Å²) in [5.41, 5.74) is 0. The number of hydrogen-bond acceptors (Lipinski definition) is 4. The number of carbonyl (C=O) groups excluding carboxylic acids is 1. The van der Waals surface area contributed by atoms with Gasteiger partial charge >= 0.3 is 0 Å². The van der Waals surface area contributed by atoms with Crippen molar-refractivity contribution in [3.63, 3.8) is 0 Å². The SMILES string of the molecule is CCS[C@@H]1CCC[C@@H]1NC(=O)c1sccc1OC. The molecule has 0 unspecified atom stereocenters. The standard InChI is InChI=1S/C13H19NO2S2/c1-3-17-11-6-4-5-9(11)14-13(15)12-10(16-2)7-8-18-12/h7-9,11H,3-6H2,1-2H3,(H,14,15)/t9-,11+/m0/s1. The average molecular weight is 285 g/mol. The highest BCUT2D eigenvalue weighted by molar-refractivity contribution is 7.99. The van der Waals surface area contributed by atoms with Gasteiger partial charge in [0.1, 0.15) is 10.6 Å². The second kappa shape index (κ2) is 6.48. The third-order valence-corrected chi connectivity index (χ3v) is 5.43. The topological polar surface area (TPSA) is 38.3 Å². The first kappa shape index (κ1) is 13.7. The highest BCUT2D eigenvalue weighted by Gasteiger charge is 2.29. The molecule has 2 rings (SSSR count). The summed E-state index contributed by atoms with van der Waals surface area (Å²) in [5.74, 6) is 1.80. The summed E-state index contributed by atoms with van der Waals surface area (Å²) in [4.78, 5) is 12.9. The maximum absolute atomic E-state index is 12.2. The van der Waals surface area contributed by atoms with E-state index in [2.05, 4.69) is 12.2 Å². The van der Waals surface area contributed by atoms with E-state index >= 15 is 0 Å². The molecule has 0 saturated heterocycles. The molecule has 100 valence electrons. The van der Waals surface area contributed by atoms with E-state index in [1.807, 2.05) is 23.2 Å². The van der Waals surface area contributed by atoms with E-state index in [1.165, 1.54) is 24.2 Å². The van der Waals surface area contributed by atoms with E-state index in [0.29, 0.717) is 21.9 Å². The van der Waals surface area contributed by atoms with Gasteiger partial charge in [0, 0.05) is 11.3 Å². The number of hydrogen-bond donors (Lipinski definition) is 1. The average Bonchev–Trinajstić information content (AvgIpc) is 2.98. The number of thioether (sulfide) groups is 1. The fourth-order valence-electron chi connectivity index (χ4n) is 2.36. The molecule has 1 aromatic rings. The molecule has 1 fully saturated rings. The Bertz CT molecular complexity index is 405. The Balaban J connectivity index is 1.98. The van der Waals surface area contributed by atoms with E-state index in [9.17, 15) is 4.79 Å². The first-order chi connectivity index (χ1) is 8.76. The van der Waals surface area contributed by atoms with Crippen molar-refractivity contribution < 1.29 is 9.53 Å². The molecule has 1 aromatic heterocycles. The van der Waals surface area contributed by atoms with Crippen LogP contribution in [0.2, 0.25) is 0 Å². The predicted octanol–water partition coefficient (Wildman–Crippen LogP) is 3.16. The van der Waals surface area contributed by atoms with Crippen molar-refractivity contribution in [3.05, 3.63) is 16.3 Å². The lowest BCUT2D eigenvalue weighted by atomic mass is 10.2. The quantitative estimate of drug-likeness (QED) is 0.903. The van der Waals surface area contributed by atoms with Gasteiger partial charge in [0.05, 0.1) is 7.11 Å². The first-order valence-electron chi connectivity index (χ1n) is 6.30. The monoisotopic (exact) mass is 285 g/mol. The first-order valence-corrected chi connectivity index (χ1v) is 8.23. The zero-order valence-electron chi connectivity index (χ0n) is 10.8. The van der Waals surface area contributed by atoms with Gasteiger partial charge in [0.2, 0.25) is 0 Å². The van der Waals surface area contributed by atoms with Crippen molar-refractivity contribution in [2.45, 2.75) is 37.5 Å². The zero-order valence-corrected chi connectivity index (χ0v) is 12.4. The molecule has 5 heteroatoms. The molecule has 0 aliphatic heterocycles. The lowest BCUT2D eigenvalue weighted by molar-refractivity contribution is 0.0940. The Morgan fingerprint density at radius 2 is 2.44 bits per heavy atom. The number of ether oxygens (including phenoxy) is 1. The molecule has 0 aromatic carbocycles. The molecule has 1 amide bonds. The van der Waals surface area contributed by atoms with E-state index in [4.69, 9.17) is 4.74 Å². The molecule has 0 radical (unpaired) electrons. The minimum Gasteiger partial charge on any atom is -0.495 e. The summed E-state index contributed by atoms with van der Waals surface area (Å²) in [5, 5.41) is 5.63. The predicted molar refractivity (Wildman–Crippen MR) is 77.9 cm³/mol. The van der Waals surface area contributed by atoms with Crippen molar-refractivity contribution in [2.24, 2.45) is 0 Å². The van der Waals surface area contributed by atoms with Crippen LogP contribution in [0.4, 0.5) is 0 Å². The molecule has 18 heavy (non-hydrogen) atoms. The van der Waals surface area contributed by atoms with Crippen molar-refractivity contribution in [2.75, 3.05) is 12.9 Å². The van der Waals surface area contributed by atoms with Crippen LogP contribution in [0.5, 0.6) is 5.75 Å². The highest BCUT2D eigenvalue weighted by Crippen LogP contribution is 2.31. The highest BCUT2D eigenvalue weighted by atomic mass is 32.2. The second-order valence-corrected chi connectivity index (χ2v) is 6.76. The number of thiophene rings is 1. The molecule has 0 bridgehead atoms. The maximum atomic E-state index is 12.2. The molecule has 2 atom stereocenters. The van der Waals surface area contributed by atoms with E-state index in [1.54, 1.807) is 7.11 Å². The van der Waals surface area contributed by atoms with E-state index in [0.717, 1.165) is 12.2 Å². The molecule has 1 N–H and O–H groups in total. The molecule has 1 aliphatic rings. The second-order valence-electron chi connectivity index (χ2n) is 4.32. The Kier molecular flexibility index (Phi) is 4.95. The fraction of sp³-hybridized carbons (Fsp3) is 0.615. The van der Waals surface area contributed by atoms with Crippen LogP contribution in [-0.4, -0.2) is 30.1 Å². The number of methoxy groups -OCH3 is 1. The summed E-state index contributed by atoms with van der Waals surface area (Å²) in [7, 11) is 1.60. The van der Waals surface area contributed by atoms with E-state index < -0.39 is 0 Å². The van der Waals surface area contributed by atoms with E-state index in [-0.39, 0.29) is 5.91 Å². The Morgan fingerprint density at radius 1 is 1.61 bits per heavy atom. The van der Waals surface area contributed by atoms with Gasteiger partial charge in [-0.25, -0.2) is 0 Å². The van der Waals surface area contributed by atoms with Gasteiger partial charge in [-0.1, -0.05) is 13.3 Å². The number of nitrogens with one attached hydrogen (secondary N) is 1. The smallest absolute Gasteiger partial charge is 0.265 e. The Hall–Kier alpha value is -0.680. The number of amides is 1. The fourth-order valence-corrected chi connectivity index (χ4v) is 4.32. The minimum atomic E-state index is 0.00968. The van der Waals surface area contributed by atoms with Crippen LogP contribution in [0.3, 0.4) is 0 Å². The van der Waals surface area contributed by atoms with Gasteiger partial charge in [0.15, 0.2) is 0 Å². The zero-order chi connectivity index (χ0) is 13.0.